The maximum Gasteiger partial charge on any atom is 0.433 e. The maximum atomic E-state index is 13.7. The first kappa shape index (κ1) is 30.0. The van der Waals surface area contributed by atoms with Gasteiger partial charge < -0.3 is 15.5 Å². The quantitative estimate of drug-likeness (QED) is 0.227. The Bertz CT molecular complexity index is 1670. The third-order valence-electron chi connectivity index (χ3n) is 7.52. The van der Waals surface area contributed by atoms with Crippen molar-refractivity contribution in [2.75, 3.05) is 23.3 Å². The van der Waals surface area contributed by atoms with Crippen LogP contribution in [-0.4, -0.2) is 57.0 Å². The van der Waals surface area contributed by atoms with Crippen LogP contribution in [0.25, 0.3) is 10.9 Å². The molecule has 8 nitrogen and oxygen atoms in total. The molecule has 44 heavy (non-hydrogen) atoms. The fourth-order valence-electron chi connectivity index (χ4n) is 5.52. The molecule has 0 radical (unpaired) electrons. The molecule has 1 aliphatic heterocycles. The summed E-state index contributed by atoms with van der Waals surface area (Å²) < 4.78 is 81.1. The predicted octanol–water partition coefficient (Wildman–Crippen LogP) is 6.43. The van der Waals surface area contributed by atoms with Crippen molar-refractivity contribution in [3.05, 3.63) is 76.8 Å². The molecule has 0 bridgehead atoms. The Labute approximate surface area is 252 Å². The minimum atomic E-state index is -4.69. The lowest BCUT2D eigenvalue weighted by Crippen LogP contribution is -2.55. The third-order valence-corrected chi connectivity index (χ3v) is 7.76. The van der Waals surface area contributed by atoms with Crippen LogP contribution >= 0.6 is 11.6 Å². The number of aromatic nitrogens is 4. The Morgan fingerprint density at radius 2 is 1.80 bits per heavy atom. The molecule has 2 atom stereocenters. The summed E-state index contributed by atoms with van der Waals surface area (Å²) in [5.74, 6) is -0.0494. The van der Waals surface area contributed by atoms with E-state index in [0.717, 1.165) is 29.8 Å². The largest absolute Gasteiger partial charge is 0.433 e. The number of carbonyl (C=O) groups excluding carboxylic acids is 1. The monoisotopic (exact) mass is 637 g/mol. The summed E-state index contributed by atoms with van der Waals surface area (Å²) >= 11 is 6.17. The lowest BCUT2D eigenvalue weighted by molar-refractivity contribution is -0.143. The van der Waals surface area contributed by atoms with Crippen LogP contribution < -0.4 is 15.5 Å². The highest BCUT2D eigenvalue weighted by molar-refractivity contribution is 6.31. The lowest BCUT2D eigenvalue weighted by atomic mass is 9.99. The summed E-state index contributed by atoms with van der Waals surface area (Å²) in [4.78, 5) is 23.5. The molecule has 0 spiro atoms. The number of halogens is 7. The summed E-state index contributed by atoms with van der Waals surface area (Å²) in [6, 6.07) is 9.64. The van der Waals surface area contributed by atoms with Crippen molar-refractivity contribution < 1.29 is 31.1 Å². The van der Waals surface area contributed by atoms with Gasteiger partial charge in [0.05, 0.1) is 16.8 Å². The second-order valence-electron chi connectivity index (χ2n) is 11.1. The molecule has 1 saturated heterocycles. The van der Waals surface area contributed by atoms with Crippen LogP contribution in [0.2, 0.25) is 5.02 Å². The van der Waals surface area contributed by atoms with Crippen LogP contribution in [0.4, 0.5) is 37.8 Å². The number of benzene rings is 1. The number of nitrogens with zero attached hydrogens (tertiary/aromatic N) is 5. The molecule has 2 fully saturated rings. The summed E-state index contributed by atoms with van der Waals surface area (Å²) in [6.45, 7) is -0.661. The number of piperidine rings is 1. The van der Waals surface area contributed by atoms with E-state index in [2.05, 4.69) is 25.7 Å². The molecule has 2 aliphatic rings. The molecule has 15 heteroatoms. The minimum absolute atomic E-state index is 0.0781. The van der Waals surface area contributed by atoms with Gasteiger partial charge in [0.1, 0.15) is 18.1 Å². The van der Waals surface area contributed by atoms with Gasteiger partial charge in [0, 0.05) is 59.6 Å². The Morgan fingerprint density at radius 3 is 2.48 bits per heavy atom. The highest BCUT2D eigenvalue weighted by atomic mass is 35.5. The molecule has 3 aromatic heterocycles. The van der Waals surface area contributed by atoms with Gasteiger partial charge in [0.15, 0.2) is 0 Å². The van der Waals surface area contributed by atoms with Gasteiger partial charge >= 0.3 is 12.4 Å². The molecular weight excluding hydrogens is 612 g/mol. The molecule has 1 saturated carbocycles. The van der Waals surface area contributed by atoms with Crippen LogP contribution in [0.5, 0.6) is 0 Å². The van der Waals surface area contributed by atoms with Crippen molar-refractivity contribution in [1.29, 1.82) is 0 Å². The second kappa shape index (κ2) is 11.5. The highest BCUT2D eigenvalue weighted by Gasteiger charge is 2.37. The van der Waals surface area contributed by atoms with Crippen LogP contribution in [0.1, 0.15) is 46.9 Å². The maximum absolute atomic E-state index is 13.7. The first-order valence-corrected chi connectivity index (χ1v) is 14.2. The van der Waals surface area contributed by atoms with Gasteiger partial charge in [0.25, 0.3) is 5.91 Å². The normalized spacial score (nSPS) is 19.3. The summed E-state index contributed by atoms with van der Waals surface area (Å²) in [6.07, 6.45) is -4.70. The van der Waals surface area contributed by atoms with Crippen molar-refractivity contribution in [2.45, 2.75) is 56.2 Å². The van der Waals surface area contributed by atoms with E-state index in [0.29, 0.717) is 41.4 Å². The van der Waals surface area contributed by atoms with Crippen LogP contribution in [0.3, 0.4) is 0 Å². The molecule has 232 valence electrons. The number of alkyl halides is 6. The molecular formula is C29H26ClF6N7O. The molecule has 0 unspecified atom stereocenters. The zero-order chi connectivity index (χ0) is 31.2. The van der Waals surface area contributed by atoms with E-state index in [9.17, 15) is 31.1 Å². The average molecular weight is 638 g/mol. The number of hydrogen-bond donors (Lipinski definition) is 2. The van der Waals surface area contributed by atoms with Gasteiger partial charge in [0.2, 0.25) is 0 Å². The zero-order valence-corrected chi connectivity index (χ0v) is 23.7. The molecule has 4 aromatic rings. The number of hydrogen-bond acceptors (Lipinski definition) is 6. The van der Waals surface area contributed by atoms with E-state index in [1.165, 1.54) is 18.2 Å². The molecule has 1 aliphatic carbocycles. The van der Waals surface area contributed by atoms with Crippen LogP contribution in [0.15, 0.2) is 54.9 Å². The Balaban J connectivity index is 1.29. The standard InChI is InChI=1S/C29H26ClF6N7O/c30-17-6-7-22-20(9-17)23(11-24(40-22)29(34,35)36)38-18-10-19(13-42(12-18)25-3-1-2-8-37-25)39-27(44)21-14-43(15-28(31,32)33)41-26(21)16-4-5-16/h1-3,6-9,11,14,16,18-19H,4-5,10,12-13,15H2,(H,38,40)(H,39,44)/t18-,19+/m1/s1. The van der Waals surface area contributed by atoms with E-state index in [1.807, 2.05) is 4.90 Å². The van der Waals surface area contributed by atoms with Gasteiger partial charge in [-0.05, 0) is 55.7 Å². The fourth-order valence-corrected chi connectivity index (χ4v) is 5.69. The Morgan fingerprint density at radius 1 is 1.02 bits per heavy atom. The van der Waals surface area contributed by atoms with E-state index in [-0.39, 0.29) is 22.7 Å². The van der Waals surface area contributed by atoms with E-state index >= 15 is 0 Å². The van der Waals surface area contributed by atoms with E-state index < -0.39 is 42.6 Å². The van der Waals surface area contributed by atoms with Crippen molar-refractivity contribution in [3.63, 3.8) is 0 Å². The van der Waals surface area contributed by atoms with Crippen molar-refractivity contribution in [1.82, 2.24) is 25.1 Å². The smallest absolute Gasteiger partial charge is 0.380 e. The highest BCUT2D eigenvalue weighted by Crippen LogP contribution is 2.41. The Hall–Kier alpha value is -4.07. The first-order valence-electron chi connectivity index (χ1n) is 13.9. The zero-order valence-electron chi connectivity index (χ0n) is 23.0. The van der Waals surface area contributed by atoms with E-state index in [1.54, 1.807) is 24.4 Å². The van der Waals surface area contributed by atoms with Crippen LogP contribution in [-0.2, 0) is 12.7 Å². The van der Waals surface area contributed by atoms with Gasteiger partial charge in [-0.3, -0.25) is 9.48 Å². The van der Waals surface area contributed by atoms with Gasteiger partial charge in [-0.2, -0.15) is 31.4 Å². The number of carbonyl (C=O) groups is 1. The molecule has 6 rings (SSSR count). The summed E-state index contributed by atoms with van der Waals surface area (Å²) in [5.41, 5.74) is -0.371. The van der Waals surface area contributed by atoms with E-state index in [4.69, 9.17) is 11.6 Å². The topological polar surface area (TPSA) is 88.0 Å². The number of amides is 1. The van der Waals surface area contributed by atoms with Gasteiger partial charge in [-0.25, -0.2) is 9.97 Å². The fraction of sp³-hybridized carbons (Fsp3) is 0.379. The Kier molecular flexibility index (Phi) is 7.80. The average Bonchev–Trinajstić information content (AvgIpc) is 3.72. The molecule has 2 N–H and O–H groups in total. The second-order valence-corrected chi connectivity index (χ2v) is 11.5. The SMILES string of the molecule is O=C(N[C@H]1C[C@@H](Nc2cc(C(F)(F)F)nc3ccc(Cl)cc23)CN(c2ccccn2)C1)c1cn(CC(F)(F)F)nc1C1CC1. The molecule has 1 aromatic carbocycles. The number of fused-ring (bicyclic) bond motifs is 1. The number of pyridine rings is 2. The number of rotatable bonds is 7. The third kappa shape index (κ3) is 6.85. The van der Waals surface area contributed by atoms with Crippen molar-refractivity contribution >= 4 is 39.9 Å². The summed E-state index contributed by atoms with van der Waals surface area (Å²) in [5, 5.41) is 10.9. The predicted molar refractivity (Wildman–Crippen MR) is 152 cm³/mol. The molecule has 1 amide bonds. The van der Waals surface area contributed by atoms with Gasteiger partial charge in [-0.15, -0.1) is 0 Å². The minimum Gasteiger partial charge on any atom is -0.380 e. The van der Waals surface area contributed by atoms with Crippen molar-refractivity contribution in [2.24, 2.45) is 0 Å². The van der Waals surface area contributed by atoms with Gasteiger partial charge in [-0.1, -0.05) is 17.7 Å². The molecule has 4 heterocycles. The lowest BCUT2D eigenvalue weighted by Gasteiger charge is -2.39. The van der Waals surface area contributed by atoms with Crippen molar-refractivity contribution in [3.8, 4) is 0 Å². The number of anilines is 2. The number of nitrogens with one attached hydrogen (secondary N) is 2. The summed E-state index contributed by atoms with van der Waals surface area (Å²) in [7, 11) is 0. The first-order chi connectivity index (χ1) is 20.8. The van der Waals surface area contributed by atoms with Crippen LogP contribution in [0, 0.1) is 0 Å².